The number of fused-ring (bicyclic) bond motifs is 4. The van der Waals surface area contributed by atoms with Gasteiger partial charge in [-0.1, -0.05) is 39.0 Å². The number of nitrogens with two attached hydrogens (primary N) is 1. The standard InChI is InChI=1S/C21H30FNO2/c1-2-3-5-10-20(24)25-15-12-17-16-9-7-4-6-8-14(21(16)23)11-18(17)19(22)13-15/h12-14,16,21H,2-11,23H2,1H3/t14-,16?,21?/m0/s1. The van der Waals surface area contributed by atoms with Crippen LogP contribution >= 0.6 is 0 Å². The normalized spacial score (nSPS) is 25.6. The summed E-state index contributed by atoms with van der Waals surface area (Å²) in [6, 6.07) is 3.34. The third-order valence-corrected chi connectivity index (χ3v) is 5.88. The van der Waals surface area contributed by atoms with Crippen molar-refractivity contribution in [3.05, 3.63) is 29.1 Å². The Hall–Kier alpha value is -1.42. The first-order chi connectivity index (χ1) is 12.1. The first-order valence-electron chi connectivity index (χ1n) is 9.88. The third kappa shape index (κ3) is 4.22. The van der Waals surface area contributed by atoms with E-state index in [1.54, 1.807) is 0 Å². The summed E-state index contributed by atoms with van der Waals surface area (Å²) in [6.45, 7) is 2.09. The number of carbonyl (C=O) groups is 1. The third-order valence-electron chi connectivity index (χ3n) is 5.88. The van der Waals surface area contributed by atoms with Crippen LogP contribution in [0.2, 0.25) is 0 Å². The number of unbranched alkanes of at least 4 members (excludes halogenated alkanes) is 2. The van der Waals surface area contributed by atoms with E-state index in [1.807, 2.05) is 6.07 Å². The summed E-state index contributed by atoms with van der Waals surface area (Å²) in [5.41, 5.74) is 8.29. The highest BCUT2D eigenvalue weighted by Gasteiger charge is 2.36. The van der Waals surface area contributed by atoms with Gasteiger partial charge in [0, 0.05) is 18.5 Å². The molecule has 2 bridgehead atoms. The van der Waals surface area contributed by atoms with Crippen LogP contribution in [0, 0.1) is 11.7 Å². The molecule has 1 fully saturated rings. The van der Waals surface area contributed by atoms with Crippen LogP contribution in [0.5, 0.6) is 5.75 Å². The van der Waals surface area contributed by atoms with Gasteiger partial charge in [0.1, 0.15) is 11.6 Å². The smallest absolute Gasteiger partial charge is 0.311 e. The van der Waals surface area contributed by atoms with E-state index in [0.717, 1.165) is 49.7 Å². The van der Waals surface area contributed by atoms with E-state index in [1.165, 1.54) is 18.9 Å². The lowest BCUT2D eigenvalue weighted by molar-refractivity contribution is -0.134. The minimum atomic E-state index is -0.275. The minimum absolute atomic E-state index is 0.0858. The molecule has 1 aromatic rings. The van der Waals surface area contributed by atoms with Gasteiger partial charge >= 0.3 is 5.97 Å². The molecule has 4 heteroatoms. The van der Waals surface area contributed by atoms with E-state index < -0.39 is 0 Å². The second-order valence-electron chi connectivity index (χ2n) is 7.69. The second-order valence-corrected chi connectivity index (χ2v) is 7.69. The molecule has 0 aliphatic heterocycles. The van der Waals surface area contributed by atoms with Gasteiger partial charge in [0.05, 0.1) is 0 Å². The van der Waals surface area contributed by atoms with Crippen LogP contribution in [0.15, 0.2) is 12.1 Å². The molecule has 3 atom stereocenters. The molecule has 2 aliphatic rings. The lowest BCUT2D eigenvalue weighted by Crippen LogP contribution is -2.42. The Balaban J connectivity index is 1.81. The van der Waals surface area contributed by atoms with Gasteiger partial charge in [-0.05, 0) is 54.7 Å². The minimum Gasteiger partial charge on any atom is -0.426 e. The molecule has 1 aromatic carbocycles. The Morgan fingerprint density at radius 3 is 2.84 bits per heavy atom. The Labute approximate surface area is 150 Å². The zero-order valence-corrected chi connectivity index (χ0v) is 15.2. The molecule has 0 radical (unpaired) electrons. The first kappa shape index (κ1) is 18.4. The van der Waals surface area contributed by atoms with Gasteiger partial charge in [0.25, 0.3) is 0 Å². The second kappa shape index (κ2) is 8.31. The fraction of sp³-hybridized carbons (Fsp3) is 0.667. The quantitative estimate of drug-likeness (QED) is 0.470. The number of rotatable bonds is 5. The zero-order valence-electron chi connectivity index (χ0n) is 15.2. The largest absolute Gasteiger partial charge is 0.426 e. The maximum absolute atomic E-state index is 14.7. The Bertz CT molecular complexity index is 616. The number of carbonyl (C=O) groups excluding carboxylic acids is 1. The van der Waals surface area contributed by atoms with Gasteiger partial charge in [0.2, 0.25) is 0 Å². The lowest BCUT2D eigenvalue weighted by Gasteiger charge is -2.39. The molecule has 0 amide bonds. The maximum atomic E-state index is 14.7. The van der Waals surface area contributed by atoms with Crippen molar-refractivity contribution in [3.63, 3.8) is 0 Å². The predicted molar refractivity (Wildman–Crippen MR) is 97.2 cm³/mol. The highest BCUT2D eigenvalue weighted by Crippen LogP contribution is 2.43. The number of hydrogen-bond donors (Lipinski definition) is 1. The van der Waals surface area contributed by atoms with Crippen molar-refractivity contribution in [2.45, 2.75) is 83.1 Å². The van der Waals surface area contributed by atoms with Gasteiger partial charge in [-0.15, -0.1) is 0 Å². The number of esters is 1. The topological polar surface area (TPSA) is 52.3 Å². The number of halogens is 1. The molecule has 2 N–H and O–H groups in total. The average Bonchev–Trinajstić information content (AvgIpc) is 2.57. The van der Waals surface area contributed by atoms with E-state index >= 15 is 0 Å². The fourth-order valence-electron chi connectivity index (χ4n) is 4.46. The molecule has 138 valence electrons. The molecule has 3 nitrogen and oxygen atoms in total. The molecular formula is C21H30FNO2. The molecule has 0 spiro atoms. The fourth-order valence-corrected chi connectivity index (χ4v) is 4.46. The molecule has 1 saturated carbocycles. The van der Waals surface area contributed by atoms with Crippen molar-refractivity contribution in [1.82, 2.24) is 0 Å². The van der Waals surface area contributed by atoms with Crippen molar-refractivity contribution in [3.8, 4) is 5.75 Å². The molecule has 25 heavy (non-hydrogen) atoms. The van der Waals surface area contributed by atoms with Crippen LogP contribution in [0.4, 0.5) is 4.39 Å². The molecular weight excluding hydrogens is 317 g/mol. The summed E-state index contributed by atoms with van der Waals surface area (Å²) in [7, 11) is 0. The van der Waals surface area contributed by atoms with Gasteiger partial charge in [-0.2, -0.15) is 0 Å². The van der Waals surface area contributed by atoms with Crippen LogP contribution < -0.4 is 10.5 Å². The molecule has 0 heterocycles. The van der Waals surface area contributed by atoms with Crippen molar-refractivity contribution in [2.24, 2.45) is 11.7 Å². The van der Waals surface area contributed by atoms with Gasteiger partial charge in [-0.3, -0.25) is 4.79 Å². The molecule has 0 saturated heterocycles. The summed E-state index contributed by atoms with van der Waals surface area (Å²) >= 11 is 0. The van der Waals surface area contributed by atoms with Crippen molar-refractivity contribution in [1.29, 1.82) is 0 Å². The summed E-state index contributed by atoms with van der Waals surface area (Å²) in [6.07, 6.45) is 9.61. The molecule has 2 aliphatic carbocycles. The van der Waals surface area contributed by atoms with E-state index in [4.69, 9.17) is 10.5 Å². The zero-order chi connectivity index (χ0) is 17.8. The van der Waals surface area contributed by atoms with Crippen molar-refractivity contribution in [2.75, 3.05) is 0 Å². The Morgan fingerprint density at radius 2 is 2.04 bits per heavy atom. The Kier molecular flexibility index (Phi) is 6.10. The van der Waals surface area contributed by atoms with Crippen LogP contribution in [-0.4, -0.2) is 12.0 Å². The summed E-state index contributed by atoms with van der Waals surface area (Å²) in [5, 5.41) is 0. The van der Waals surface area contributed by atoms with Gasteiger partial charge < -0.3 is 10.5 Å². The maximum Gasteiger partial charge on any atom is 0.311 e. The first-order valence-corrected chi connectivity index (χ1v) is 9.88. The SMILES string of the molecule is CCCCCC(=O)Oc1cc(F)c2c(c1)C1CCCCC[C@@H](C2)C1N. The average molecular weight is 347 g/mol. The summed E-state index contributed by atoms with van der Waals surface area (Å²) < 4.78 is 20.1. The van der Waals surface area contributed by atoms with Crippen LogP contribution in [-0.2, 0) is 11.2 Å². The van der Waals surface area contributed by atoms with E-state index in [0.29, 0.717) is 24.5 Å². The number of benzene rings is 1. The Morgan fingerprint density at radius 1 is 1.24 bits per heavy atom. The summed E-state index contributed by atoms with van der Waals surface area (Å²) in [5.74, 6) is 0.377. The number of hydrogen-bond acceptors (Lipinski definition) is 3. The van der Waals surface area contributed by atoms with E-state index in [9.17, 15) is 9.18 Å². The van der Waals surface area contributed by atoms with E-state index in [-0.39, 0.29) is 23.7 Å². The molecule has 3 rings (SSSR count). The monoisotopic (exact) mass is 347 g/mol. The van der Waals surface area contributed by atoms with Crippen LogP contribution in [0.25, 0.3) is 0 Å². The van der Waals surface area contributed by atoms with Crippen molar-refractivity contribution >= 4 is 5.97 Å². The predicted octanol–water partition coefficient (Wildman–Crippen LogP) is 4.86. The van der Waals surface area contributed by atoms with Crippen molar-refractivity contribution < 1.29 is 13.9 Å². The molecule has 0 aromatic heterocycles. The van der Waals surface area contributed by atoms with Gasteiger partial charge in [0.15, 0.2) is 0 Å². The van der Waals surface area contributed by atoms with E-state index in [2.05, 4.69) is 6.92 Å². The number of ether oxygens (including phenoxy) is 1. The highest BCUT2D eigenvalue weighted by atomic mass is 19.1. The van der Waals surface area contributed by atoms with Gasteiger partial charge in [-0.25, -0.2) is 4.39 Å². The highest BCUT2D eigenvalue weighted by molar-refractivity contribution is 5.72. The lowest BCUT2D eigenvalue weighted by atomic mass is 9.68. The van der Waals surface area contributed by atoms with Crippen LogP contribution in [0.3, 0.4) is 0 Å². The molecule has 2 unspecified atom stereocenters. The van der Waals surface area contributed by atoms with Crippen LogP contribution in [0.1, 0.15) is 81.8 Å². The summed E-state index contributed by atoms with van der Waals surface area (Å²) in [4.78, 5) is 12.0.